The van der Waals surface area contributed by atoms with Gasteiger partial charge >= 0.3 is 0 Å². The van der Waals surface area contributed by atoms with Crippen LogP contribution in [-0.2, 0) is 11.8 Å². The smallest absolute Gasteiger partial charge is 0.222 e. The maximum atomic E-state index is 14.4. The molecule has 0 aliphatic carbocycles. The van der Waals surface area contributed by atoms with E-state index in [1.807, 2.05) is 31.4 Å². The van der Waals surface area contributed by atoms with Gasteiger partial charge in [0.25, 0.3) is 0 Å². The number of hydrogen-bond acceptors (Lipinski definition) is 5. The number of carbonyl (C=O) groups is 1. The fourth-order valence-corrected chi connectivity index (χ4v) is 3.59. The van der Waals surface area contributed by atoms with E-state index in [9.17, 15) is 13.6 Å². The lowest BCUT2D eigenvalue weighted by atomic mass is 10.1. The number of aromatic nitrogens is 6. The van der Waals surface area contributed by atoms with Gasteiger partial charge < -0.3 is 5.32 Å². The molecule has 1 aromatic carbocycles. The van der Waals surface area contributed by atoms with E-state index in [2.05, 4.69) is 25.4 Å². The van der Waals surface area contributed by atoms with Crippen LogP contribution in [0.2, 0.25) is 0 Å². The van der Waals surface area contributed by atoms with Crippen LogP contribution in [0.5, 0.6) is 0 Å². The zero-order valence-corrected chi connectivity index (χ0v) is 17.6. The molecule has 0 saturated carbocycles. The number of benzene rings is 1. The Labute approximate surface area is 186 Å². The fourth-order valence-electron chi connectivity index (χ4n) is 3.59. The minimum absolute atomic E-state index is 0.0602. The van der Waals surface area contributed by atoms with Crippen molar-refractivity contribution in [3.8, 4) is 28.2 Å². The standard InChI is InChI=1S/C23H17F2N7O/c1-13(33)29-21-6-15(23-18(25)8-17(24)10-26-23)7-22(30-21)32-12-27-19-5-14(3-4-20(19)32)16-9-28-31(2)11-16/h3-12H,1-2H3,(H,29,30,33). The fraction of sp³-hybridized carbons (Fsp3) is 0.0870. The summed E-state index contributed by atoms with van der Waals surface area (Å²) in [5.74, 6) is -1.35. The van der Waals surface area contributed by atoms with Crippen LogP contribution in [0.3, 0.4) is 0 Å². The van der Waals surface area contributed by atoms with Gasteiger partial charge in [0.15, 0.2) is 5.82 Å². The summed E-state index contributed by atoms with van der Waals surface area (Å²) >= 11 is 0. The van der Waals surface area contributed by atoms with Crippen molar-refractivity contribution in [2.75, 3.05) is 5.32 Å². The monoisotopic (exact) mass is 445 g/mol. The third kappa shape index (κ3) is 3.93. The second-order valence-corrected chi connectivity index (χ2v) is 7.49. The van der Waals surface area contributed by atoms with E-state index in [1.54, 1.807) is 27.8 Å². The molecule has 4 heterocycles. The van der Waals surface area contributed by atoms with Crippen molar-refractivity contribution in [2.24, 2.45) is 7.05 Å². The third-order valence-electron chi connectivity index (χ3n) is 5.03. The molecular formula is C23H17F2N7O. The summed E-state index contributed by atoms with van der Waals surface area (Å²) in [4.78, 5) is 24.5. The first-order valence-corrected chi connectivity index (χ1v) is 9.95. The van der Waals surface area contributed by atoms with E-state index in [4.69, 9.17) is 0 Å². The molecule has 1 amide bonds. The van der Waals surface area contributed by atoms with Crippen LogP contribution in [0.1, 0.15) is 6.92 Å². The van der Waals surface area contributed by atoms with E-state index in [0.717, 1.165) is 34.4 Å². The number of imidazole rings is 1. The molecule has 33 heavy (non-hydrogen) atoms. The van der Waals surface area contributed by atoms with Gasteiger partial charge in [-0.25, -0.2) is 18.7 Å². The highest BCUT2D eigenvalue weighted by Gasteiger charge is 2.15. The predicted molar refractivity (Wildman–Crippen MR) is 119 cm³/mol. The Bertz CT molecular complexity index is 1520. The molecule has 0 radical (unpaired) electrons. The number of fused-ring (bicyclic) bond motifs is 1. The molecule has 0 aliphatic rings. The average molecular weight is 445 g/mol. The first kappa shape index (κ1) is 20.4. The number of halogens is 2. The molecule has 0 unspecified atom stereocenters. The van der Waals surface area contributed by atoms with Gasteiger partial charge in [0.2, 0.25) is 5.91 Å². The SMILES string of the molecule is CC(=O)Nc1cc(-c2ncc(F)cc2F)cc(-n2cnc3cc(-c4cnn(C)c4)ccc32)n1. The van der Waals surface area contributed by atoms with Gasteiger partial charge in [-0.05, 0) is 29.8 Å². The molecule has 4 aromatic heterocycles. The van der Waals surface area contributed by atoms with Gasteiger partial charge in [0, 0.05) is 37.4 Å². The summed E-state index contributed by atoms with van der Waals surface area (Å²) in [5.41, 5.74) is 3.66. The average Bonchev–Trinajstić information content (AvgIpc) is 3.38. The van der Waals surface area contributed by atoms with Gasteiger partial charge in [0.05, 0.1) is 23.4 Å². The Morgan fingerprint density at radius 2 is 1.85 bits per heavy atom. The maximum Gasteiger partial charge on any atom is 0.222 e. The van der Waals surface area contributed by atoms with E-state index >= 15 is 0 Å². The van der Waals surface area contributed by atoms with Crippen LogP contribution in [0.25, 0.3) is 39.2 Å². The first-order chi connectivity index (χ1) is 15.9. The second-order valence-electron chi connectivity index (χ2n) is 7.49. The largest absolute Gasteiger partial charge is 0.311 e. The Hall–Kier alpha value is -4.47. The molecule has 1 N–H and O–H groups in total. The zero-order valence-electron chi connectivity index (χ0n) is 17.6. The maximum absolute atomic E-state index is 14.4. The summed E-state index contributed by atoms with van der Waals surface area (Å²) in [5, 5.41) is 6.81. The summed E-state index contributed by atoms with van der Waals surface area (Å²) in [7, 11) is 1.85. The minimum atomic E-state index is -0.822. The molecule has 0 saturated heterocycles. The topological polar surface area (TPSA) is 90.5 Å². The summed E-state index contributed by atoms with van der Waals surface area (Å²) < 4.78 is 31.2. The minimum Gasteiger partial charge on any atom is -0.311 e. The van der Waals surface area contributed by atoms with Crippen molar-refractivity contribution in [3.63, 3.8) is 0 Å². The Morgan fingerprint density at radius 3 is 2.58 bits per heavy atom. The molecule has 10 heteroatoms. The number of pyridine rings is 2. The van der Waals surface area contributed by atoms with Gasteiger partial charge in [-0.3, -0.25) is 19.0 Å². The number of nitrogens with one attached hydrogen (secondary N) is 1. The number of anilines is 1. The molecule has 0 atom stereocenters. The molecule has 0 bridgehead atoms. The second kappa shape index (κ2) is 7.90. The van der Waals surface area contributed by atoms with E-state index < -0.39 is 11.6 Å². The molecule has 5 aromatic rings. The van der Waals surface area contributed by atoms with Crippen LogP contribution in [0.4, 0.5) is 14.6 Å². The van der Waals surface area contributed by atoms with Gasteiger partial charge in [0.1, 0.15) is 29.5 Å². The van der Waals surface area contributed by atoms with Gasteiger partial charge in [-0.2, -0.15) is 5.10 Å². The number of carbonyl (C=O) groups excluding carboxylic acids is 1. The normalized spacial score (nSPS) is 11.2. The summed E-state index contributed by atoms with van der Waals surface area (Å²) in [6.45, 7) is 1.34. The van der Waals surface area contributed by atoms with Crippen molar-refractivity contribution >= 4 is 22.8 Å². The Morgan fingerprint density at radius 1 is 1.00 bits per heavy atom. The summed E-state index contributed by atoms with van der Waals surface area (Å²) in [6, 6.07) is 9.61. The van der Waals surface area contributed by atoms with Crippen LogP contribution < -0.4 is 5.32 Å². The van der Waals surface area contributed by atoms with E-state index in [-0.39, 0.29) is 17.4 Å². The van der Waals surface area contributed by atoms with Crippen molar-refractivity contribution in [2.45, 2.75) is 6.92 Å². The lowest BCUT2D eigenvalue weighted by Gasteiger charge is -2.11. The third-order valence-corrected chi connectivity index (χ3v) is 5.03. The van der Waals surface area contributed by atoms with E-state index in [1.165, 1.54) is 13.0 Å². The van der Waals surface area contributed by atoms with E-state index in [0.29, 0.717) is 11.4 Å². The van der Waals surface area contributed by atoms with Crippen molar-refractivity contribution in [1.82, 2.24) is 29.3 Å². The zero-order chi connectivity index (χ0) is 23.1. The van der Waals surface area contributed by atoms with Crippen LogP contribution in [-0.4, -0.2) is 35.2 Å². The predicted octanol–water partition coefficient (Wildman–Crippen LogP) is 4.12. The highest BCUT2D eigenvalue weighted by atomic mass is 19.1. The number of hydrogen-bond donors (Lipinski definition) is 1. The van der Waals surface area contributed by atoms with Crippen molar-refractivity contribution in [3.05, 3.63) is 73.0 Å². The quantitative estimate of drug-likeness (QED) is 0.449. The first-order valence-electron chi connectivity index (χ1n) is 9.95. The molecule has 5 rings (SSSR count). The number of aryl methyl sites for hydroxylation is 1. The molecule has 0 aliphatic heterocycles. The lowest BCUT2D eigenvalue weighted by molar-refractivity contribution is -0.114. The molecule has 164 valence electrons. The van der Waals surface area contributed by atoms with Crippen molar-refractivity contribution in [1.29, 1.82) is 0 Å². The summed E-state index contributed by atoms with van der Waals surface area (Å²) in [6.07, 6.45) is 6.21. The molecule has 0 spiro atoms. The van der Waals surface area contributed by atoms with Gasteiger partial charge in [-0.1, -0.05) is 6.07 Å². The van der Waals surface area contributed by atoms with Crippen LogP contribution >= 0.6 is 0 Å². The highest BCUT2D eigenvalue weighted by Crippen LogP contribution is 2.29. The van der Waals surface area contributed by atoms with Crippen LogP contribution in [0.15, 0.2) is 61.3 Å². The Kier molecular flexibility index (Phi) is 4.89. The van der Waals surface area contributed by atoms with Crippen molar-refractivity contribution < 1.29 is 13.6 Å². The lowest BCUT2D eigenvalue weighted by Crippen LogP contribution is -2.09. The van der Waals surface area contributed by atoms with Crippen LogP contribution in [0, 0.1) is 11.6 Å². The number of rotatable bonds is 4. The number of amides is 1. The molecule has 0 fully saturated rings. The number of nitrogens with zero attached hydrogens (tertiary/aromatic N) is 6. The molecular weight excluding hydrogens is 428 g/mol. The highest BCUT2D eigenvalue weighted by molar-refractivity contribution is 5.89. The molecule has 8 nitrogen and oxygen atoms in total. The van der Waals surface area contributed by atoms with Gasteiger partial charge in [-0.15, -0.1) is 0 Å². The Balaban J connectivity index is 1.64.